The van der Waals surface area contributed by atoms with Crippen LogP contribution in [0.1, 0.15) is 51.4 Å². The molecule has 0 aromatic heterocycles. The van der Waals surface area contributed by atoms with E-state index in [1.54, 1.807) is 0 Å². The maximum atomic E-state index is 12.5. The minimum absolute atomic E-state index is 0.145. The number of amides is 2. The summed E-state index contributed by atoms with van der Waals surface area (Å²) in [5.74, 6) is -1.04. The SMILES string of the molecule is N=C(N)NCCC[C@@H](N)C(=O)N[C@H](CCCNC(=N)N)C(=O)NCCCCC[C]=O. The Kier molecular flexibility index (Phi) is 15.4. The van der Waals surface area contributed by atoms with Crippen LogP contribution in [-0.4, -0.2) is 61.7 Å². The van der Waals surface area contributed by atoms with Gasteiger partial charge in [0.05, 0.1) is 6.04 Å². The molecule has 0 heterocycles. The van der Waals surface area contributed by atoms with E-state index in [1.165, 1.54) is 0 Å². The summed E-state index contributed by atoms with van der Waals surface area (Å²) in [5.41, 5.74) is 16.3. The Balaban J connectivity index is 4.52. The second-order valence-corrected chi connectivity index (χ2v) is 6.88. The highest BCUT2D eigenvalue weighted by atomic mass is 16.2. The first-order valence-corrected chi connectivity index (χ1v) is 10.1. The fourth-order valence-corrected chi connectivity index (χ4v) is 2.59. The molecule has 0 aliphatic heterocycles. The molecule has 0 spiro atoms. The third kappa shape index (κ3) is 15.1. The van der Waals surface area contributed by atoms with Crippen molar-refractivity contribution < 1.29 is 14.4 Å². The molecule has 0 rings (SSSR count). The van der Waals surface area contributed by atoms with Gasteiger partial charge in [0, 0.05) is 26.1 Å². The monoisotopic (exact) mass is 426 g/mol. The summed E-state index contributed by atoms with van der Waals surface area (Å²) in [7, 11) is 0. The lowest BCUT2D eigenvalue weighted by Crippen LogP contribution is -2.52. The Morgan fingerprint density at radius 1 is 0.800 bits per heavy atom. The number of guanidine groups is 2. The van der Waals surface area contributed by atoms with Crippen LogP contribution in [0, 0.1) is 10.8 Å². The number of hydrogen-bond donors (Lipinski definition) is 9. The van der Waals surface area contributed by atoms with E-state index < -0.39 is 18.0 Å². The van der Waals surface area contributed by atoms with Gasteiger partial charge >= 0.3 is 0 Å². The van der Waals surface area contributed by atoms with Crippen molar-refractivity contribution in [3.8, 4) is 0 Å². The molecular weight excluding hydrogens is 390 g/mol. The topological polar surface area (TPSA) is 225 Å². The number of nitrogens with one attached hydrogen (secondary N) is 6. The van der Waals surface area contributed by atoms with Crippen molar-refractivity contribution >= 4 is 30.0 Å². The third-order valence-corrected chi connectivity index (χ3v) is 4.22. The van der Waals surface area contributed by atoms with Gasteiger partial charge in [-0.25, -0.2) is 0 Å². The van der Waals surface area contributed by atoms with E-state index in [2.05, 4.69) is 21.3 Å². The zero-order valence-corrected chi connectivity index (χ0v) is 17.4. The predicted molar refractivity (Wildman–Crippen MR) is 115 cm³/mol. The van der Waals surface area contributed by atoms with E-state index >= 15 is 0 Å². The standard InChI is InChI=1S/C18H36N9O3/c19-13(7-5-10-25-17(20)21)15(29)27-14(8-6-11-26-18(22)23)16(30)24-9-3-1-2-4-12-28/h13-14H,1-11,19H2,(H,24,30)(H,27,29)(H4,20,21,25)(H4,22,23,26)/t13-,14-/m1/s1. The Bertz CT molecular complexity index is 557. The van der Waals surface area contributed by atoms with Crippen LogP contribution < -0.4 is 38.5 Å². The summed E-state index contributed by atoms with van der Waals surface area (Å²) in [6, 6.07) is -1.54. The van der Waals surface area contributed by atoms with E-state index in [4.69, 9.17) is 28.0 Å². The quantitative estimate of drug-likeness (QED) is 0.0724. The van der Waals surface area contributed by atoms with Gasteiger partial charge in [-0.05, 0) is 38.5 Å². The summed E-state index contributed by atoms with van der Waals surface area (Å²) in [4.78, 5) is 35.0. The Morgan fingerprint density at radius 2 is 1.37 bits per heavy atom. The molecule has 0 aromatic rings. The van der Waals surface area contributed by atoms with Crippen LogP contribution in [0.15, 0.2) is 0 Å². The first-order chi connectivity index (χ1) is 14.3. The lowest BCUT2D eigenvalue weighted by Gasteiger charge is -2.21. The van der Waals surface area contributed by atoms with Gasteiger partial charge < -0.3 is 38.5 Å². The summed E-state index contributed by atoms with van der Waals surface area (Å²) in [6.07, 6.45) is 6.26. The molecule has 0 unspecified atom stereocenters. The normalized spacial score (nSPS) is 12.3. The van der Waals surface area contributed by atoms with Crippen molar-refractivity contribution in [1.29, 1.82) is 10.8 Å². The van der Waals surface area contributed by atoms with Crippen LogP contribution in [0.25, 0.3) is 0 Å². The minimum Gasteiger partial charge on any atom is -0.370 e. The lowest BCUT2D eigenvalue weighted by atomic mass is 10.1. The van der Waals surface area contributed by atoms with Crippen LogP contribution in [0.4, 0.5) is 0 Å². The van der Waals surface area contributed by atoms with E-state index in [0.29, 0.717) is 51.7 Å². The maximum Gasteiger partial charge on any atom is 0.242 e. The van der Waals surface area contributed by atoms with Gasteiger partial charge in [0.25, 0.3) is 0 Å². The molecule has 2 amide bonds. The number of carbonyl (C=O) groups excluding carboxylic acids is 3. The second kappa shape index (κ2) is 17.0. The maximum absolute atomic E-state index is 12.5. The average molecular weight is 427 g/mol. The summed E-state index contributed by atoms with van der Waals surface area (Å²) >= 11 is 0. The second-order valence-electron chi connectivity index (χ2n) is 6.88. The van der Waals surface area contributed by atoms with Crippen molar-refractivity contribution in [2.75, 3.05) is 19.6 Å². The first kappa shape index (κ1) is 27.1. The van der Waals surface area contributed by atoms with Gasteiger partial charge in [0.2, 0.25) is 11.8 Å². The number of rotatable bonds is 17. The molecule has 30 heavy (non-hydrogen) atoms. The molecule has 171 valence electrons. The van der Waals surface area contributed by atoms with Crippen LogP contribution in [0.5, 0.6) is 0 Å². The van der Waals surface area contributed by atoms with Crippen molar-refractivity contribution in [3.63, 3.8) is 0 Å². The van der Waals surface area contributed by atoms with E-state index in [1.807, 2.05) is 6.29 Å². The molecule has 0 bridgehead atoms. The van der Waals surface area contributed by atoms with E-state index in [-0.39, 0.29) is 17.8 Å². The highest BCUT2D eigenvalue weighted by molar-refractivity contribution is 5.89. The Labute approximate surface area is 177 Å². The number of nitrogens with two attached hydrogens (primary N) is 3. The molecule has 0 saturated heterocycles. The van der Waals surface area contributed by atoms with Crippen LogP contribution >= 0.6 is 0 Å². The molecule has 12 nitrogen and oxygen atoms in total. The van der Waals surface area contributed by atoms with Crippen molar-refractivity contribution in [3.05, 3.63) is 0 Å². The van der Waals surface area contributed by atoms with Gasteiger partial charge in [0.15, 0.2) is 18.2 Å². The first-order valence-electron chi connectivity index (χ1n) is 10.1. The predicted octanol–water partition coefficient (Wildman–Crippen LogP) is -1.89. The molecule has 0 aromatic carbocycles. The summed E-state index contributed by atoms with van der Waals surface area (Å²) in [5, 5.41) is 25.0. The van der Waals surface area contributed by atoms with Gasteiger partial charge in [-0.15, -0.1) is 0 Å². The van der Waals surface area contributed by atoms with Gasteiger partial charge in [-0.2, -0.15) is 0 Å². The zero-order valence-electron chi connectivity index (χ0n) is 17.4. The summed E-state index contributed by atoms with van der Waals surface area (Å²) < 4.78 is 0. The zero-order chi connectivity index (χ0) is 22.8. The fourth-order valence-electron chi connectivity index (χ4n) is 2.59. The largest absolute Gasteiger partial charge is 0.370 e. The van der Waals surface area contributed by atoms with E-state index in [9.17, 15) is 14.4 Å². The molecule has 0 aliphatic carbocycles. The minimum atomic E-state index is -0.788. The molecule has 0 aliphatic rings. The molecule has 12 heteroatoms. The van der Waals surface area contributed by atoms with Crippen LogP contribution in [-0.2, 0) is 14.4 Å². The molecule has 2 atom stereocenters. The fraction of sp³-hybridized carbons (Fsp3) is 0.722. The average Bonchev–Trinajstić information content (AvgIpc) is 2.69. The van der Waals surface area contributed by atoms with E-state index in [0.717, 1.165) is 19.3 Å². The van der Waals surface area contributed by atoms with Gasteiger partial charge in [-0.1, -0.05) is 6.42 Å². The lowest BCUT2D eigenvalue weighted by molar-refractivity contribution is -0.129. The number of unbranched alkanes of at least 4 members (excludes halogenated alkanes) is 3. The molecule has 12 N–H and O–H groups in total. The van der Waals surface area contributed by atoms with Gasteiger partial charge in [0.1, 0.15) is 6.04 Å². The van der Waals surface area contributed by atoms with Crippen LogP contribution in [0.3, 0.4) is 0 Å². The third-order valence-electron chi connectivity index (χ3n) is 4.22. The smallest absolute Gasteiger partial charge is 0.242 e. The molecule has 0 saturated carbocycles. The van der Waals surface area contributed by atoms with Crippen molar-refractivity contribution in [2.24, 2.45) is 17.2 Å². The highest BCUT2D eigenvalue weighted by Gasteiger charge is 2.23. The van der Waals surface area contributed by atoms with Crippen molar-refractivity contribution in [2.45, 2.75) is 63.5 Å². The van der Waals surface area contributed by atoms with Gasteiger partial charge in [-0.3, -0.25) is 25.2 Å². The van der Waals surface area contributed by atoms with Crippen LogP contribution in [0.2, 0.25) is 0 Å². The highest BCUT2D eigenvalue weighted by Crippen LogP contribution is 2.02. The molecular formula is C18H36N9O3. The summed E-state index contributed by atoms with van der Waals surface area (Å²) in [6.45, 7) is 1.28. The molecule has 1 radical (unpaired) electrons. The Morgan fingerprint density at radius 3 is 1.93 bits per heavy atom. The number of carbonyl (C=O) groups is 2. The van der Waals surface area contributed by atoms with Crippen molar-refractivity contribution in [1.82, 2.24) is 21.3 Å². The Hall–Kier alpha value is -2.89. The number of hydrogen-bond acceptors (Lipinski definition) is 6. The molecule has 0 fully saturated rings.